The van der Waals surface area contributed by atoms with E-state index in [1.165, 1.54) is 11.8 Å². The van der Waals surface area contributed by atoms with Crippen molar-refractivity contribution in [2.75, 3.05) is 27.2 Å². The summed E-state index contributed by atoms with van der Waals surface area (Å²) in [5, 5.41) is 6.17. The van der Waals surface area contributed by atoms with E-state index in [4.69, 9.17) is 4.42 Å². The SMILES string of the molecule is Cc1ccoc1C(=O)NCCCNC(=NCc1ccccc1)N(C)C. The van der Waals surface area contributed by atoms with Crippen LogP contribution in [0.4, 0.5) is 0 Å². The van der Waals surface area contributed by atoms with Crippen LogP contribution >= 0.6 is 0 Å². The van der Waals surface area contributed by atoms with Crippen LogP contribution < -0.4 is 10.6 Å². The van der Waals surface area contributed by atoms with Crippen LogP contribution in [0.25, 0.3) is 0 Å². The van der Waals surface area contributed by atoms with Crippen molar-refractivity contribution in [2.24, 2.45) is 4.99 Å². The van der Waals surface area contributed by atoms with E-state index in [9.17, 15) is 4.79 Å². The van der Waals surface area contributed by atoms with Crippen molar-refractivity contribution in [3.63, 3.8) is 0 Å². The quantitative estimate of drug-likeness (QED) is 0.461. The van der Waals surface area contributed by atoms with Gasteiger partial charge in [0, 0.05) is 32.7 Å². The van der Waals surface area contributed by atoms with E-state index in [2.05, 4.69) is 27.8 Å². The number of aliphatic imine (C=N–C) groups is 1. The average molecular weight is 342 g/mol. The van der Waals surface area contributed by atoms with Crippen LogP contribution in [0.15, 0.2) is 52.1 Å². The number of amides is 1. The van der Waals surface area contributed by atoms with Gasteiger partial charge in [-0.3, -0.25) is 4.79 Å². The molecule has 6 nitrogen and oxygen atoms in total. The second-order valence-corrected chi connectivity index (χ2v) is 5.99. The first kappa shape index (κ1) is 18.6. The summed E-state index contributed by atoms with van der Waals surface area (Å²) in [5.41, 5.74) is 2.02. The van der Waals surface area contributed by atoms with Crippen LogP contribution in [0.2, 0.25) is 0 Å². The highest BCUT2D eigenvalue weighted by Crippen LogP contribution is 2.07. The molecule has 0 aliphatic heterocycles. The molecule has 134 valence electrons. The first-order chi connectivity index (χ1) is 12.1. The van der Waals surface area contributed by atoms with Crippen molar-refractivity contribution in [2.45, 2.75) is 19.9 Å². The molecule has 0 unspecified atom stereocenters. The molecule has 0 aliphatic carbocycles. The molecule has 6 heteroatoms. The molecule has 0 saturated heterocycles. The number of rotatable bonds is 7. The van der Waals surface area contributed by atoms with E-state index in [0.29, 0.717) is 18.8 Å². The molecule has 0 fully saturated rings. The van der Waals surface area contributed by atoms with Crippen molar-refractivity contribution < 1.29 is 9.21 Å². The standard InChI is InChI=1S/C19H26N4O2/c1-15-10-13-25-17(15)18(24)20-11-7-12-21-19(23(2)3)22-14-16-8-5-4-6-9-16/h4-6,8-10,13H,7,11-12,14H2,1-3H3,(H,20,24)(H,21,22). The molecule has 1 amide bonds. The molecule has 0 atom stereocenters. The normalized spacial score (nSPS) is 11.2. The topological polar surface area (TPSA) is 69.9 Å². The van der Waals surface area contributed by atoms with Gasteiger partial charge in [-0.2, -0.15) is 0 Å². The van der Waals surface area contributed by atoms with Gasteiger partial charge in [0.05, 0.1) is 12.8 Å². The minimum Gasteiger partial charge on any atom is -0.459 e. The lowest BCUT2D eigenvalue weighted by atomic mass is 10.2. The first-order valence-corrected chi connectivity index (χ1v) is 8.40. The molecule has 2 N–H and O–H groups in total. The van der Waals surface area contributed by atoms with Crippen molar-refractivity contribution >= 4 is 11.9 Å². The number of hydrogen-bond acceptors (Lipinski definition) is 3. The number of benzene rings is 1. The third-order valence-electron chi connectivity index (χ3n) is 3.67. The molecule has 0 aliphatic rings. The smallest absolute Gasteiger partial charge is 0.287 e. The highest BCUT2D eigenvalue weighted by atomic mass is 16.3. The Hall–Kier alpha value is -2.76. The Morgan fingerprint density at radius 1 is 1.12 bits per heavy atom. The van der Waals surface area contributed by atoms with Gasteiger partial charge in [-0.15, -0.1) is 0 Å². The van der Waals surface area contributed by atoms with Crippen LogP contribution in [0, 0.1) is 6.92 Å². The molecule has 0 radical (unpaired) electrons. The lowest BCUT2D eigenvalue weighted by molar-refractivity contribution is 0.0925. The van der Waals surface area contributed by atoms with Gasteiger partial charge in [0.2, 0.25) is 0 Å². The van der Waals surface area contributed by atoms with Gasteiger partial charge in [0.25, 0.3) is 5.91 Å². The summed E-state index contributed by atoms with van der Waals surface area (Å²) >= 11 is 0. The van der Waals surface area contributed by atoms with Crippen LogP contribution in [-0.2, 0) is 6.54 Å². The van der Waals surface area contributed by atoms with Gasteiger partial charge >= 0.3 is 0 Å². The molecule has 1 aromatic heterocycles. The van der Waals surface area contributed by atoms with Crippen LogP contribution in [-0.4, -0.2) is 44.0 Å². The summed E-state index contributed by atoms with van der Waals surface area (Å²) in [6.07, 6.45) is 2.32. The van der Waals surface area contributed by atoms with Crippen molar-refractivity contribution in [1.82, 2.24) is 15.5 Å². The zero-order valence-electron chi connectivity index (χ0n) is 15.1. The fraction of sp³-hybridized carbons (Fsp3) is 0.368. The molecule has 1 aromatic carbocycles. The predicted molar refractivity (Wildman–Crippen MR) is 99.7 cm³/mol. The second kappa shape index (κ2) is 9.52. The highest BCUT2D eigenvalue weighted by molar-refractivity contribution is 5.92. The summed E-state index contributed by atoms with van der Waals surface area (Å²) in [6, 6.07) is 11.9. The molecular formula is C19H26N4O2. The van der Waals surface area contributed by atoms with Crippen molar-refractivity contribution in [3.8, 4) is 0 Å². The molecular weight excluding hydrogens is 316 g/mol. The van der Waals surface area contributed by atoms with E-state index >= 15 is 0 Å². The van der Waals surface area contributed by atoms with E-state index in [1.54, 1.807) is 6.07 Å². The van der Waals surface area contributed by atoms with E-state index < -0.39 is 0 Å². The lowest BCUT2D eigenvalue weighted by Gasteiger charge is -2.17. The third-order valence-corrected chi connectivity index (χ3v) is 3.67. The van der Waals surface area contributed by atoms with Gasteiger partial charge in [-0.25, -0.2) is 4.99 Å². The second-order valence-electron chi connectivity index (χ2n) is 5.99. The summed E-state index contributed by atoms with van der Waals surface area (Å²) in [6.45, 7) is 3.79. The van der Waals surface area contributed by atoms with Crippen LogP contribution in [0.1, 0.15) is 28.1 Å². The monoisotopic (exact) mass is 342 g/mol. The third kappa shape index (κ3) is 5.99. The largest absolute Gasteiger partial charge is 0.459 e. The first-order valence-electron chi connectivity index (χ1n) is 8.40. The fourth-order valence-electron chi connectivity index (χ4n) is 2.28. The van der Waals surface area contributed by atoms with Crippen molar-refractivity contribution in [3.05, 3.63) is 59.5 Å². The number of nitrogens with one attached hydrogen (secondary N) is 2. The average Bonchev–Trinajstić information content (AvgIpc) is 3.03. The Kier molecular flexibility index (Phi) is 7.07. The lowest BCUT2D eigenvalue weighted by Crippen LogP contribution is -2.38. The summed E-state index contributed by atoms with van der Waals surface area (Å²) in [7, 11) is 3.91. The molecule has 2 rings (SSSR count). The minimum absolute atomic E-state index is 0.173. The Bertz CT molecular complexity index is 692. The number of nitrogens with zero attached hydrogens (tertiary/aromatic N) is 2. The molecule has 0 spiro atoms. The van der Waals surface area contributed by atoms with Crippen molar-refractivity contribution in [1.29, 1.82) is 0 Å². The Labute approximate surface area is 148 Å². The van der Waals surface area contributed by atoms with E-state index in [-0.39, 0.29) is 5.91 Å². The summed E-state index contributed by atoms with van der Waals surface area (Å²) in [5.74, 6) is 1.04. The maximum atomic E-state index is 11.9. The zero-order valence-corrected chi connectivity index (χ0v) is 15.1. The number of aryl methyl sites for hydroxylation is 1. The maximum Gasteiger partial charge on any atom is 0.287 e. The number of carbonyl (C=O) groups is 1. The zero-order chi connectivity index (χ0) is 18.1. The number of furan rings is 1. The number of hydrogen-bond donors (Lipinski definition) is 2. The Morgan fingerprint density at radius 2 is 1.84 bits per heavy atom. The van der Waals surface area contributed by atoms with Crippen LogP contribution in [0.5, 0.6) is 0 Å². The van der Waals surface area contributed by atoms with Gasteiger partial charge in [-0.05, 0) is 25.0 Å². The van der Waals surface area contributed by atoms with Gasteiger partial charge in [0.15, 0.2) is 11.7 Å². The number of guanidine groups is 1. The number of carbonyl (C=O) groups excluding carboxylic acids is 1. The Balaban J connectivity index is 1.72. The summed E-state index contributed by atoms with van der Waals surface area (Å²) < 4.78 is 5.17. The molecule has 2 aromatic rings. The Morgan fingerprint density at radius 3 is 2.48 bits per heavy atom. The van der Waals surface area contributed by atoms with Crippen LogP contribution in [0.3, 0.4) is 0 Å². The molecule has 1 heterocycles. The minimum atomic E-state index is -0.173. The van der Waals surface area contributed by atoms with E-state index in [0.717, 1.165) is 24.5 Å². The highest BCUT2D eigenvalue weighted by Gasteiger charge is 2.11. The van der Waals surface area contributed by atoms with Gasteiger partial charge in [-0.1, -0.05) is 30.3 Å². The predicted octanol–water partition coefficient (Wildman–Crippen LogP) is 2.42. The van der Waals surface area contributed by atoms with Gasteiger partial charge < -0.3 is 20.0 Å². The maximum absolute atomic E-state index is 11.9. The molecule has 25 heavy (non-hydrogen) atoms. The fourth-order valence-corrected chi connectivity index (χ4v) is 2.28. The summed E-state index contributed by atoms with van der Waals surface area (Å²) in [4.78, 5) is 18.5. The van der Waals surface area contributed by atoms with E-state index in [1.807, 2.05) is 44.1 Å². The molecule has 0 bridgehead atoms. The van der Waals surface area contributed by atoms with Gasteiger partial charge in [0.1, 0.15) is 0 Å². The molecule has 0 saturated carbocycles.